The molecule has 0 atom stereocenters. The standard InChI is InChI=1S/C6H4F2S/c7-4-5(8)6-2-1-3-9-6/h1-4H/b5-4+. The van der Waals surface area contributed by atoms with Gasteiger partial charge in [-0.2, -0.15) is 0 Å². The van der Waals surface area contributed by atoms with Crippen molar-refractivity contribution in [3.05, 3.63) is 28.7 Å². The molecule has 0 nitrogen and oxygen atoms in total. The molecule has 0 unspecified atom stereocenters. The molecule has 3 heteroatoms. The van der Waals surface area contributed by atoms with Crippen molar-refractivity contribution in [1.82, 2.24) is 0 Å². The van der Waals surface area contributed by atoms with E-state index in [2.05, 4.69) is 0 Å². The van der Waals surface area contributed by atoms with Gasteiger partial charge in [0.05, 0.1) is 4.88 Å². The largest absolute Gasteiger partial charge is 0.212 e. The molecular formula is C6H4F2S. The Morgan fingerprint density at radius 3 is 2.89 bits per heavy atom. The van der Waals surface area contributed by atoms with Gasteiger partial charge in [-0.25, -0.2) is 8.78 Å². The van der Waals surface area contributed by atoms with Crippen LogP contribution < -0.4 is 0 Å². The van der Waals surface area contributed by atoms with Gasteiger partial charge in [0.25, 0.3) is 0 Å². The first-order valence-electron chi connectivity index (χ1n) is 2.34. The fraction of sp³-hybridized carbons (Fsp3) is 0. The second kappa shape index (κ2) is 2.73. The molecule has 9 heavy (non-hydrogen) atoms. The van der Waals surface area contributed by atoms with Gasteiger partial charge in [-0.15, -0.1) is 11.3 Å². The predicted octanol–water partition coefficient (Wildman–Crippen LogP) is 2.99. The second-order valence-electron chi connectivity index (χ2n) is 1.43. The van der Waals surface area contributed by atoms with Crippen LogP contribution in [0.25, 0.3) is 5.83 Å². The minimum absolute atomic E-state index is 0.0359. The quantitative estimate of drug-likeness (QED) is 0.571. The summed E-state index contributed by atoms with van der Waals surface area (Å²) in [6.07, 6.45) is -0.0359. The Bertz CT molecular complexity index is 201. The lowest BCUT2D eigenvalue weighted by Gasteiger charge is -1.83. The Labute approximate surface area is 55.4 Å². The topological polar surface area (TPSA) is 0 Å². The van der Waals surface area contributed by atoms with E-state index in [1.807, 2.05) is 0 Å². The summed E-state index contributed by atoms with van der Waals surface area (Å²) < 4.78 is 23.6. The fourth-order valence-corrected chi connectivity index (χ4v) is 1.09. The molecule has 0 radical (unpaired) electrons. The molecule has 0 aliphatic carbocycles. The van der Waals surface area contributed by atoms with E-state index in [0.29, 0.717) is 4.88 Å². The lowest BCUT2D eigenvalue weighted by molar-refractivity contribution is 0.673. The van der Waals surface area contributed by atoms with Crippen LogP contribution in [-0.4, -0.2) is 0 Å². The van der Waals surface area contributed by atoms with Crippen molar-refractivity contribution < 1.29 is 8.78 Å². The molecule has 0 N–H and O–H groups in total. The first kappa shape index (κ1) is 6.42. The van der Waals surface area contributed by atoms with Crippen LogP contribution in [0, 0.1) is 0 Å². The van der Waals surface area contributed by atoms with Crippen LogP contribution in [0.3, 0.4) is 0 Å². The fourth-order valence-electron chi connectivity index (χ4n) is 0.468. The third kappa shape index (κ3) is 1.36. The number of thiophene rings is 1. The van der Waals surface area contributed by atoms with Crippen molar-refractivity contribution in [2.24, 2.45) is 0 Å². The summed E-state index contributed by atoms with van der Waals surface area (Å²) in [6.45, 7) is 0. The summed E-state index contributed by atoms with van der Waals surface area (Å²) in [6, 6.07) is 3.19. The van der Waals surface area contributed by atoms with E-state index in [1.54, 1.807) is 11.4 Å². The lowest BCUT2D eigenvalue weighted by atomic mass is 10.4. The van der Waals surface area contributed by atoms with Gasteiger partial charge in [-0.05, 0) is 11.4 Å². The molecule has 0 spiro atoms. The van der Waals surface area contributed by atoms with Crippen molar-refractivity contribution in [2.75, 3.05) is 0 Å². The van der Waals surface area contributed by atoms with Gasteiger partial charge >= 0.3 is 0 Å². The summed E-state index contributed by atoms with van der Waals surface area (Å²) in [5.41, 5.74) is 0. The van der Waals surface area contributed by atoms with Crippen molar-refractivity contribution >= 4 is 17.2 Å². The molecule has 0 fully saturated rings. The normalized spacial score (nSPS) is 12.0. The molecule has 1 aromatic heterocycles. The maximum absolute atomic E-state index is 12.2. The minimum Gasteiger partial charge on any atom is -0.212 e. The van der Waals surface area contributed by atoms with Gasteiger partial charge in [0.1, 0.15) is 6.33 Å². The van der Waals surface area contributed by atoms with Crippen LogP contribution in [0.4, 0.5) is 8.78 Å². The molecule has 0 saturated carbocycles. The van der Waals surface area contributed by atoms with Gasteiger partial charge in [0.15, 0.2) is 5.83 Å². The average Bonchev–Trinajstić information content (AvgIpc) is 2.37. The van der Waals surface area contributed by atoms with Crippen LogP contribution in [0.1, 0.15) is 4.88 Å². The highest BCUT2D eigenvalue weighted by molar-refractivity contribution is 7.11. The van der Waals surface area contributed by atoms with Crippen LogP contribution in [-0.2, 0) is 0 Å². The zero-order chi connectivity index (χ0) is 6.69. The van der Waals surface area contributed by atoms with E-state index in [4.69, 9.17) is 0 Å². The Hall–Kier alpha value is -0.700. The third-order valence-electron chi connectivity index (χ3n) is 0.852. The average molecular weight is 146 g/mol. The monoisotopic (exact) mass is 146 g/mol. The maximum atomic E-state index is 12.2. The van der Waals surface area contributed by atoms with Crippen molar-refractivity contribution in [3.8, 4) is 0 Å². The molecular weight excluding hydrogens is 142 g/mol. The smallest absolute Gasteiger partial charge is 0.168 e. The molecule has 0 amide bonds. The maximum Gasteiger partial charge on any atom is 0.168 e. The summed E-state index contributed by atoms with van der Waals surface area (Å²) >= 11 is 1.17. The molecule has 1 heterocycles. The number of rotatable bonds is 1. The molecule has 0 saturated heterocycles. The Kier molecular flexibility index (Phi) is 1.95. The number of hydrogen-bond donors (Lipinski definition) is 0. The molecule has 0 aliphatic heterocycles. The van der Waals surface area contributed by atoms with Crippen LogP contribution in [0.5, 0.6) is 0 Å². The van der Waals surface area contributed by atoms with Crippen molar-refractivity contribution in [3.63, 3.8) is 0 Å². The van der Waals surface area contributed by atoms with Gasteiger partial charge in [-0.3, -0.25) is 0 Å². The Morgan fingerprint density at radius 1 is 1.67 bits per heavy atom. The predicted molar refractivity (Wildman–Crippen MR) is 34.5 cm³/mol. The molecule has 0 aromatic carbocycles. The molecule has 1 rings (SSSR count). The van der Waals surface area contributed by atoms with Gasteiger partial charge in [-0.1, -0.05) is 6.07 Å². The molecule has 0 aliphatic rings. The van der Waals surface area contributed by atoms with Crippen molar-refractivity contribution in [2.45, 2.75) is 0 Å². The van der Waals surface area contributed by atoms with Crippen LogP contribution >= 0.6 is 11.3 Å². The van der Waals surface area contributed by atoms with Crippen LogP contribution in [0.2, 0.25) is 0 Å². The van der Waals surface area contributed by atoms with Crippen LogP contribution in [0.15, 0.2) is 23.8 Å². The molecule has 0 bridgehead atoms. The van der Waals surface area contributed by atoms with E-state index >= 15 is 0 Å². The van der Waals surface area contributed by atoms with E-state index in [0.717, 1.165) is 0 Å². The summed E-state index contributed by atoms with van der Waals surface area (Å²) in [5, 5.41) is 1.69. The Balaban J connectivity index is 2.90. The molecule has 48 valence electrons. The first-order valence-corrected chi connectivity index (χ1v) is 3.22. The SMILES string of the molecule is F/C=C(/F)c1cccs1. The number of halogens is 2. The molecule has 1 aromatic rings. The number of hydrogen-bond acceptors (Lipinski definition) is 1. The minimum atomic E-state index is -0.801. The van der Waals surface area contributed by atoms with E-state index in [1.165, 1.54) is 17.4 Å². The second-order valence-corrected chi connectivity index (χ2v) is 2.38. The van der Waals surface area contributed by atoms with Gasteiger partial charge in [0.2, 0.25) is 0 Å². The van der Waals surface area contributed by atoms with E-state index in [-0.39, 0.29) is 6.33 Å². The van der Waals surface area contributed by atoms with Gasteiger partial charge in [0, 0.05) is 0 Å². The zero-order valence-corrected chi connectivity index (χ0v) is 5.29. The first-order chi connectivity index (χ1) is 4.34. The highest BCUT2D eigenvalue weighted by Gasteiger charge is 1.98. The summed E-state index contributed by atoms with van der Waals surface area (Å²) in [5.74, 6) is -0.801. The lowest BCUT2D eigenvalue weighted by Crippen LogP contribution is -1.62. The summed E-state index contributed by atoms with van der Waals surface area (Å²) in [7, 11) is 0. The van der Waals surface area contributed by atoms with Gasteiger partial charge < -0.3 is 0 Å². The highest BCUT2D eigenvalue weighted by atomic mass is 32.1. The van der Waals surface area contributed by atoms with E-state index < -0.39 is 5.83 Å². The summed E-state index contributed by atoms with van der Waals surface area (Å²) in [4.78, 5) is 0.331. The van der Waals surface area contributed by atoms with Crippen molar-refractivity contribution in [1.29, 1.82) is 0 Å². The Morgan fingerprint density at radius 2 is 2.44 bits per heavy atom. The zero-order valence-electron chi connectivity index (χ0n) is 4.47. The third-order valence-corrected chi connectivity index (χ3v) is 1.73. The van der Waals surface area contributed by atoms with E-state index in [9.17, 15) is 8.78 Å². The highest BCUT2D eigenvalue weighted by Crippen LogP contribution is 2.20.